The predicted molar refractivity (Wildman–Crippen MR) is 66.2 cm³/mol. The summed E-state index contributed by atoms with van der Waals surface area (Å²) in [6.07, 6.45) is 3.67. The molecule has 5 nitrogen and oxygen atoms in total. The lowest BCUT2D eigenvalue weighted by Gasteiger charge is -2.35. The van der Waals surface area contributed by atoms with Gasteiger partial charge < -0.3 is 10.4 Å². The van der Waals surface area contributed by atoms with E-state index < -0.39 is 16.1 Å². The van der Waals surface area contributed by atoms with Gasteiger partial charge in [-0.05, 0) is 25.8 Å². The van der Waals surface area contributed by atoms with Crippen molar-refractivity contribution in [3.05, 3.63) is 0 Å². The van der Waals surface area contributed by atoms with Crippen molar-refractivity contribution in [3.8, 4) is 0 Å². The number of aliphatic hydroxyl groups is 1. The van der Waals surface area contributed by atoms with Crippen molar-refractivity contribution in [2.75, 3.05) is 20.1 Å². The Morgan fingerprint density at radius 3 is 2.53 bits per heavy atom. The molecule has 3 atom stereocenters. The second-order valence-corrected chi connectivity index (χ2v) is 7.37. The van der Waals surface area contributed by atoms with Crippen molar-refractivity contribution in [2.45, 2.75) is 49.5 Å². The third-order valence-corrected chi connectivity index (χ3v) is 6.32. The monoisotopic (exact) mass is 262 g/mol. The number of nitrogens with one attached hydrogen (secondary N) is 1. The van der Waals surface area contributed by atoms with Crippen LogP contribution in [0.2, 0.25) is 0 Å². The number of sulfonamides is 1. The molecule has 0 aromatic carbocycles. The van der Waals surface area contributed by atoms with E-state index in [2.05, 4.69) is 5.32 Å². The Morgan fingerprint density at radius 2 is 1.94 bits per heavy atom. The van der Waals surface area contributed by atoms with Crippen molar-refractivity contribution in [2.24, 2.45) is 0 Å². The van der Waals surface area contributed by atoms with Crippen molar-refractivity contribution in [3.63, 3.8) is 0 Å². The molecule has 100 valence electrons. The Balaban J connectivity index is 2.09. The third kappa shape index (κ3) is 2.65. The third-order valence-electron chi connectivity index (χ3n) is 4.00. The quantitative estimate of drug-likeness (QED) is 0.746. The van der Waals surface area contributed by atoms with Gasteiger partial charge in [-0.15, -0.1) is 0 Å². The van der Waals surface area contributed by atoms with E-state index >= 15 is 0 Å². The SMILES string of the molecule is CN(C1CCCCC1O)S(=O)(=O)C1CCNC1. The fraction of sp³-hybridized carbons (Fsp3) is 1.00. The highest BCUT2D eigenvalue weighted by Crippen LogP contribution is 2.26. The van der Waals surface area contributed by atoms with Crippen molar-refractivity contribution < 1.29 is 13.5 Å². The Morgan fingerprint density at radius 1 is 1.24 bits per heavy atom. The number of hydrogen-bond acceptors (Lipinski definition) is 4. The molecule has 1 saturated carbocycles. The molecule has 3 unspecified atom stereocenters. The van der Waals surface area contributed by atoms with Gasteiger partial charge >= 0.3 is 0 Å². The van der Waals surface area contributed by atoms with Gasteiger partial charge in [0.15, 0.2) is 0 Å². The maximum atomic E-state index is 12.4. The average molecular weight is 262 g/mol. The van der Waals surface area contributed by atoms with Gasteiger partial charge in [-0.2, -0.15) is 4.31 Å². The van der Waals surface area contributed by atoms with Gasteiger partial charge in [0, 0.05) is 13.6 Å². The van der Waals surface area contributed by atoms with Crippen LogP contribution in [0.4, 0.5) is 0 Å². The van der Waals surface area contributed by atoms with E-state index in [9.17, 15) is 13.5 Å². The van der Waals surface area contributed by atoms with Crippen LogP contribution in [0.15, 0.2) is 0 Å². The first-order chi connectivity index (χ1) is 8.03. The van der Waals surface area contributed by atoms with Gasteiger partial charge in [-0.3, -0.25) is 0 Å². The highest BCUT2D eigenvalue weighted by Gasteiger charge is 2.38. The molecule has 6 heteroatoms. The van der Waals surface area contributed by atoms with E-state index in [0.29, 0.717) is 19.4 Å². The summed E-state index contributed by atoms with van der Waals surface area (Å²) in [5.74, 6) is 0. The summed E-state index contributed by atoms with van der Waals surface area (Å²) in [5, 5.41) is 12.7. The van der Waals surface area contributed by atoms with E-state index in [0.717, 1.165) is 25.8 Å². The largest absolute Gasteiger partial charge is 0.391 e. The Labute approximate surface area is 103 Å². The molecule has 0 aromatic rings. The molecule has 0 bridgehead atoms. The zero-order valence-electron chi connectivity index (χ0n) is 10.3. The average Bonchev–Trinajstić information content (AvgIpc) is 2.83. The van der Waals surface area contributed by atoms with Gasteiger partial charge in [0.05, 0.1) is 17.4 Å². The molecule has 2 aliphatic rings. The van der Waals surface area contributed by atoms with Crippen LogP contribution in [0.25, 0.3) is 0 Å². The smallest absolute Gasteiger partial charge is 0.218 e. The van der Waals surface area contributed by atoms with Crippen LogP contribution in [-0.2, 0) is 10.0 Å². The second-order valence-electron chi connectivity index (χ2n) is 5.10. The molecule has 1 saturated heterocycles. The highest BCUT2D eigenvalue weighted by atomic mass is 32.2. The summed E-state index contributed by atoms with van der Waals surface area (Å²) in [6, 6.07) is -0.227. The fourth-order valence-corrected chi connectivity index (χ4v) is 4.66. The van der Waals surface area contributed by atoms with Crippen LogP contribution in [-0.4, -0.2) is 55.4 Å². The van der Waals surface area contributed by atoms with Crippen LogP contribution in [0, 0.1) is 0 Å². The summed E-state index contributed by atoms with van der Waals surface area (Å²) >= 11 is 0. The van der Waals surface area contributed by atoms with Crippen LogP contribution in [0.1, 0.15) is 32.1 Å². The number of nitrogens with zero attached hydrogens (tertiary/aromatic N) is 1. The number of likely N-dealkylation sites (N-methyl/N-ethyl adjacent to an activating group) is 1. The molecule has 17 heavy (non-hydrogen) atoms. The van der Waals surface area contributed by atoms with Crippen LogP contribution < -0.4 is 5.32 Å². The minimum atomic E-state index is -3.26. The molecule has 0 radical (unpaired) electrons. The normalized spacial score (nSPS) is 35.4. The minimum Gasteiger partial charge on any atom is -0.391 e. The van der Waals surface area contributed by atoms with E-state index in [-0.39, 0.29) is 11.3 Å². The van der Waals surface area contributed by atoms with Crippen LogP contribution in [0.3, 0.4) is 0 Å². The zero-order valence-corrected chi connectivity index (χ0v) is 11.1. The molecule has 0 amide bonds. The first-order valence-corrected chi connectivity index (χ1v) is 7.89. The van der Waals surface area contributed by atoms with Crippen molar-refractivity contribution in [1.29, 1.82) is 0 Å². The molecular weight excluding hydrogens is 240 g/mol. The lowest BCUT2D eigenvalue weighted by molar-refractivity contribution is 0.0635. The Bertz CT molecular complexity index is 352. The van der Waals surface area contributed by atoms with Gasteiger partial charge in [0.2, 0.25) is 10.0 Å². The second kappa shape index (κ2) is 5.22. The topological polar surface area (TPSA) is 69.6 Å². The molecule has 0 spiro atoms. The molecule has 0 aromatic heterocycles. The molecule has 1 heterocycles. The molecule has 1 aliphatic heterocycles. The molecule has 2 N–H and O–H groups in total. The lowest BCUT2D eigenvalue weighted by Crippen LogP contribution is -2.49. The summed E-state index contributed by atoms with van der Waals surface area (Å²) in [6.45, 7) is 1.31. The van der Waals surface area contributed by atoms with Crippen molar-refractivity contribution in [1.82, 2.24) is 9.62 Å². The standard InChI is InChI=1S/C11H22N2O3S/c1-13(10-4-2-3-5-11(10)14)17(15,16)9-6-7-12-8-9/h9-12,14H,2-8H2,1H3. The van der Waals surface area contributed by atoms with Gasteiger partial charge in [0.1, 0.15) is 0 Å². The Kier molecular flexibility index (Phi) is 4.07. The van der Waals surface area contributed by atoms with Gasteiger partial charge in [-0.25, -0.2) is 8.42 Å². The zero-order chi connectivity index (χ0) is 12.5. The summed E-state index contributed by atoms with van der Waals surface area (Å²) < 4.78 is 26.1. The summed E-state index contributed by atoms with van der Waals surface area (Å²) in [5.41, 5.74) is 0. The minimum absolute atomic E-state index is 0.227. The van der Waals surface area contributed by atoms with E-state index in [1.54, 1.807) is 7.05 Å². The molecular formula is C11H22N2O3S. The Hall–Kier alpha value is -0.170. The molecule has 2 rings (SSSR count). The van der Waals surface area contributed by atoms with Gasteiger partial charge in [-0.1, -0.05) is 12.8 Å². The molecule has 2 fully saturated rings. The van der Waals surface area contributed by atoms with Gasteiger partial charge in [0.25, 0.3) is 0 Å². The van der Waals surface area contributed by atoms with E-state index in [1.165, 1.54) is 4.31 Å². The lowest BCUT2D eigenvalue weighted by atomic mass is 9.93. The maximum absolute atomic E-state index is 12.4. The fourth-order valence-electron chi connectivity index (χ4n) is 2.82. The van der Waals surface area contributed by atoms with Crippen LogP contribution in [0.5, 0.6) is 0 Å². The number of aliphatic hydroxyl groups excluding tert-OH is 1. The summed E-state index contributed by atoms with van der Waals surface area (Å²) in [4.78, 5) is 0. The van der Waals surface area contributed by atoms with E-state index in [4.69, 9.17) is 0 Å². The predicted octanol–water partition coefficient (Wildman–Crippen LogP) is -0.0866. The summed E-state index contributed by atoms with van der Waals surface area (Å²) in [7, 11) is -1.64. The first-order valence-electron chi connectivity index (χ1n) is 6.39. The number of rotatable bonds is 3. The van der Waals surface area contributed by atoms with E-state index in [1.807, 2.05) is 0 Å². The highest BCUT2D eigenvalue weighted by molar-refractivity contribution is 7.89. The maximum Gasteiger partial charge on any atom is 0.218 e. The molecule has 1 aliphatic carbocycles. The first kappa shape index (κ1) is 13.3. The van der Waals surface area contributed by atoms with Crippen molar-refractivity contribution >= 4 is 10.0 Å². The number of hydrogen-bond donors (Lipinski definition) is 2. The van der Waals surface area contributed by atoms with Crippen LogP contribution >= 0.6 is 0 Å².